The van der Waals surface area contributed by atoms with Crippen molar-refractivity contribution in [1.29, 1.82) is 0 Å². The number of pyridine rings is 1. The highest BCUT2D eigenvalue weighted by molar-refractivity contribution is 5.85. The smallest absolute Gasteiger partial charge is 0.241 e. The highest BCUT2D eigenvalue weighted by atomic mass is 15.3. The fourth-order valence-electron chi connectivity index (χ4n) is 4.06. The summed E-state index contributed by atoms with van der Waals surface area (Å²) in [5, 5.41) is 7.95. The van der Waals surface area contributed by atoms with E-state index in [1.54, 1.807) is 0 Å². The number of rotatable bonds is 4. The number of nitrogens with two attached hydrogens (primary N) is 1. The van der Waals surface area contributed by atoms with E-state index < -0.39 is 0 Å². The molecular formula is C20H24N8. The van der Waals surface area contributed by atoms with E-state index in [1.807, 2.05) is 30.0 Å². The van der Waals surface area contributed by atoms with Crippen molar-refractivity contribution < 1.29 is 0 Å². The molecule has 1 saturated carbocycles. The first-order valence-electron chi connectivity index (χ1n) is 9.71. The summed E-state index contributed by atoms with van der Waals surface area (Å²) in [6.45, 7) is 6.34. The summed E-state index contributed by atoms with van der Waals surface area (Å²) in [4.78, 5) is 13.7. The Balaban J connectivity index is 1.53. The van der Waals surface area contributed by atoms with Crippen LogP contribution in [0, 0.1) is 6.92 Å². The van der Waals surface area contributed by atoms with Crippen LogP contribution in [0.15, 0.2) is 30.7 Å². The molecule has 0 unspecified atom stereocenters. The number of fused-ring (bicyclic) bond motifs is 2. The first kappa shape index (κ1) is 17.1. The highest BCUT2D eigenvalue weighted by Crippen LogP contribution is 2.29. The van der Waals surface area contributed by atoms with Gasteiger partial charge in [-0.15, -0.1) is 5.10 Å². The summed E-state index contributed by atoms with van der Waals surface area (Å²) in [5.74, 6) is 1.61. The van der Waals surface area contributed by atoms with Crippen molar-refractivity contribution in [3.63, 3.8) is 0 Å². The van der Waals surface area contributed by atoms with E-state index in [2.05, 4.69) is 55.9 Å². The van der Waals surface area contributed by atoms with Crippen molar-refractivity contribution in [2.75, 3.05) is 5.32 Å². The minimum atomic E-state index is 0.296. The Hall–Kier alpha value is -3.00. The standard InChI is InChI=1S/C20H24N8/c1-11(2)28-12(3)24-19-17(28)6-13(9-22-19)16-4-5-27-18(16)10-23-20(26-27)25-15-7-14(21)8-15/h4-6,9-11,14-15H,7-8,21H2,1-3H3,(H,25,26)/t14-,15+. The molecular weight excluding hydrogens is 352 g/mol. The Morgan fingerprint density at radius 2 is 2.00 bits per heavy atom. The second-order valence-corrected chi connectivity index (χ2v) is 7.90. The molecule has 0 aromatic carbocycles. The lowest BCUT2D eigenvalue weighted by molar-refractivity contribution is 0.371. The van der Waals surface area contributed by atoms with E-state index >= 15 is 0 Å². The van der Waals surface area contributed by atoms with Gasteiger partial charge in [-0.2, -0.15) is 0 Å². The van der Waals surface area contributed by atoms with Crippen molar-refractivity contribution in [3.05, 3.63) is 36.5 Å². The molecule has 4 aromatic heterocycles. The third-order valence-corrected chi connectivity index (χ3v) is 5.48. The molecule has 0 spiro atoms. The molecule has 1 fully saturated rings. The predicted molar refractivity (Wildman–Crippen MR) is 109 cm³/mol. The Kier molecular flexibility index (Phi) is 3.83. The molecule has 4 heterocycles. The molecule has 144 valence electrons. The van der Waals surface area contributed by atoms with E-state index in [9.17, 15) is 0 Å². The number of imidazole rings is 1. The molecule has 4 aromatic rings. The first-order valence-corrected chi connectivity index (χ1v) is 9.71. The number of anilines is 1. The van der Waals surface area contributed by atoms with Gasteiger partial charge in [-0.3, -0.25) is 0 Å². The zero-order valence-electron chi connectivity index (χ0n) is 16.3. The van der Waals surface area contributed by atoms with Crippen LogP contribution in [0.25, 0.3) is 27.8 Å². The van der Waals surface area contributed by atoms with Gasteiger partial charge in [0.25, 0.3) is 0 Å². The molecule has 0 bridgehead atoms. The van der Waals surface area contributed by atoms with Gasteiger partial charge in [0.2, 0.25) is 5.95 Å². The molecule has 28 heavy (non-hydrogen) atoms. The van der Waals surface area contributed by atoms with Crippen LogP contribution in [-0.2, 0) is 0 Å². The van der Waals surface area contributed by atoms with Crippen LogP contribution < -0.4 is 11.1 Å². The summed E-state index contributed by atoms with van der Waals surface area (Å²) in [6, 6.07) is 5.20. The maximum Gasteiger partial charge on any atom is 0.241 e. The van der Waals surface area contributed by atoms with E-state index in [1.165, 1.54) is 0 Å². The fraction of sp³-hybridized carbons (Fsp3) is 0.400. The van der Waals surface area contributed by atoms with Gasteiger partial charge in [0.1, 0.15) is 5.82 Å². The minimum Gasteiger partial charge on any atom is -0.350 e. The molecule has 0 saturated heterocycles. The monoisotopic (exact) mass is 376 g/mol. The highest BCUT2D eigenvalue weighted by Gasteiger charge is 2.26. The Bertz CT molecular complexity index is 1170. The summed E-state index contributed by atoms with van der Waals surface area (Å²) in [6.07, 6.45) is 7.62. The molecule has 1 aliphatic rings. The molecule has 8 nitrogen and oxygen atoms in total. The quantitative estimate of drug-likeness (QED) is 0.568. The Morgan fingerprint density at radius 1 is 1.18 bits per heavy atom. The number of aromatic nitrogens is 6. The summed E-state index contributed by atoms with van der Waals surface area (Å²) < 4.78 is 4.07. The lowest BCUT2D eigenvalue weighted by Gasteiger charge is -2.32. The predicted octanol–water partition coefficient (Wildman–Crippen LogP) is 2.93. The first-order chi connectivity index (χ1) is 13.5. The Labute approximate surface area is 162 Å². The molecule has 3 N–H and O–H groups in total. The number of hydrogen-bond donors (Lipinski definition) is 2. The molecule has 0 amide bonds. The largest absolute Gasteiger partial charge is 0.350 e. The van der Waals surface area contributed by atoms with Gasteiger partial charge in [0, 0.05) is 41.6 Å². The maximum atomic E-state index is 5.85. The summed E-state index contributed by atoms with van der Waals surface area (Å²) in [5.41, 5.74) is 10.7. The van der Waals surface area contributed by atoms with Crippen LogP contribution in [-0.4, -0.2) is 41.2 Å². The van der Waals surface area contributed by atoms with Crippen LogP contribution in [0.2, 0.25) is 0 Å². The van der Waals surface area contributed by atoms with Crippen molar-refractivity contribution in [2.24, 2.45) is 5.73 Å². The average Bonchev–Trinajstić information content (AvgIpc) is 3.19. The number of aryl methyl sites for hydroxylation is 1. The van der Waals surface area contributed by atoms with E-state index in [0.717, 1.165) is 46.5 Å². The van der Waals surface area contributed by atoms with Crippen LogP contribution in [0.1, 0.15) is 38.6 Å². The van der Waals surface area contributed by atoms with E-state index in [4.69, 9.17) is 5.73 Å². The van der Waals surface area contributed by atoms with Crippen LogP contribution >= 0.6 is 0 Å². The van der Waals surface area contributed by atoms with Gasteiger partial charge in [-0.05, 0) is 45.7 Å². The second-order valence-electron chi connectivity index (χ2n) is 7.90. The third kappa shape index (κ3) is 2.72. The second kappa shape index (κ2) is 6.27. The minimum absolute atomic E-state index is 0.296. The number of nitrogens with one attached hydrogen (secondary N) is 1. The lowest BCUT2D eigenvalue weighted by atomic mass is 9.88. The topological polar surface area (TPSA) is 98.9 Å². The normalized spacial score (nSPS) is 19.5. The van der Waals surface area contributed by atoms with Crippen LogP contribution in [0.4, 0.5) is 5.95 Å². The van der Waals surface area contributed by atoms with Crippen molar-refractivity contribution in [2.45, 2.75) is 51.7 Å². The van der Waals surface area contributed by atoms with Crippen LogP contribution in [0.3, 0.4) is 0 Å². The van der Waals surface area contributed by atoms with E-state index in [0.29, 0.717) is 24.1 Å². The zero-order valence-corrected chi connectivity index (χ0v) is 16.3. The number of nitrogens with zero attached hydrogens (tertiary/aromatic N) is 6. The summed E-state index contributed by atoms with van der Waals surface area (Å²) in [7, 11) is 0. The molecule has 8 heteroatoms. The van der Waals surface area contributed by atoms with Gasteiger partial charge in [-0.1, -0.05) is 0 Å². The average molecular weight is 376 g/mol. The fourth-order valence-corrected chi connectivity index (χ4v) is 4.06. The van der Waals surface area contributed by atoms with Crippen molar-refractivity contribution in [1.82, 2.24) is 29.1 Å². The van der Waals surface area contributed by atoms with Crippen LogP contribution in [0.5, 0.6) is 0 Å². The van der Waals surface area contributed by atoms with Gasteiger partial charge >= 0.3 is 0 Å². The Morgan fingerprint density at radius 3 is 2.75 bits per heavy atom. The van der Waals surface area contributed by atoms with Gasteiger partial charge in [0.05, 0.1) is 17.2 Å². The molecule has 0 aliphatic heterocycles. The number of hydrogen-bond acceptors (Lipinski definition) is 6. The molecule has 0 atom stereocenters. The molecule has 1 aliphatic carbocycles. The van der Waals surface area contributed by atoms with Crippen molar-refractivity contribution in [3.8, 4) is 11.1 Å². The third-order valence-electron chi connectivity index (χ3n) is 5.48. The lowest BCUT2D eigenvalue weighted by Crippen LogP contribution is -2.44. The van der Waals surface area contributed by atoms with Gasteiger partial charge in [0.15, 0.2) is 5.65 Å². The van der Waals surface area contributed by atoms with Crippen molar-refractivity contribution >= 4 is 22.6 Å². The van der Waals surface area contributed by atoms with E-state index in [-0.39, 0.29) is 0 Å². The SMILES string of the molecule is Cc1nc2ncc(-c3ccn4nc(N[C@H]5C[C@@H](N)C5)ncc34)cc2n1C(C)C. The van der Waals surface area contributed by atoms with Gasteiger partial charge < -0.3 is 15.6 Å². The molecule has 0 radical (unpaired) electrons. The maximum absolute atomic E-state index is 5.85. The molecule has 5 rings (SSSR count). The zero-order chi connectivity index (χ0) is 19.4. The van der Waals surface area contributed by atoms with Gasteiger partial charge in [-0.25, -0.2) is 19.5 Å². The summed E-state index contributed by atoms with van der Waals surface area (Å²) >= 11 is 0.